The smallest absolute Gasteiger partial charge is 0.200 e. The Morgan fingerprint density at radius 3 is 2.32 bits per heavy atom. The third kappa shape index (κ3) is 5.89. The molecule has 0 aromatic heterocycles. The van der Waals surface area contributed by atoms with Gasteiger partial charge in [0.05, 0.1) is 11.1 Å². The fourth-order valence-electron chi connectivity index (χ4n) is 1.91. The number of hydrogen-bond donors (Lipinski definition) is 1. The molecule has 2 aromatic carbocycles. The third-order valence-corrected chi connectivity index (χ3v) is 5.35. The van der Waals surface area contributed by atoms with Crippen LogP contribution in [-0.2, 0) is 10.0 Å². The summed E-state index contributed by atoms with van der Waals surface area (Å²) in [6.45, 7) is 8.42. The van der Waals surface area contributed by atoms with E-state index in [0.29, 0.717) is 0 Å². The maximum absolute atomic E-state index is 12.2. The lowest BCUT2D eigenvalue weighted by molar-refractivity contribution is 0.584. The molecule has 0 heterocycles. The summed E-state index contributed by atoms with van der Waals surface area (Å²) in [7, 11) is -5.16. The van der Waals surface area contributed by atoms with Crippen LogP contribution in [0.25, 0.3) is 0 Å². The molecule has 6 heteroatoms. The summed E-state index contributed by atoms with van der Waals surface area (Å²) in [6.07, 6.45) is 1.49. The number of aryl methyl sites for hydroxylation is 1. The van der Waals surface area contributed by atoms with Crippen molar-refractivity contribution in [3.8, 4) is 11.5 Å². The second kappa shape index (κ2) is 7.68. The zero-order valence-corrected chi connectivity index (χ0v) is 16.7. The molecule has 0 saturated carbocycles. The Morgan fingerprint density at radius 2 is 1.68 bits per heavy atom. The summed E-state index contributed by atoms with van der Waals surface area (Å²) in [4.78, 5) is 2.43. The maximum Gasteiger partial charge on any atom is 0.276 e. The summed E-state index contributed by atoms with van der Waals surface area (Å²) in [5.41, 5.74) is 5.92. The quantitative estimate of drug-likeness (QED) is 0.387. The molecule has 0 radical (unpaired) electrons. The molecule has 25 heavy (non-hydrogen) atoms. The van der Waals surface area contributed by atoms with E-state index in [2.05, 4.69) is 41.0 Å². The van der Waals surface area contributed by atoms with Gasteiger partial charge in [-0.05, 0) is 25.1 Å². The van der Waals surface area contributed by atoms with Crippen LogP contribution in [0.15, 0.2) is 58.5 Å². The van der Waals surface area contributed by atoms with Crippen LogP contribution in [0.4, 0.5) is 0 Å². The summed E-state index contributed by atoms with van der Waals surface area (Å²) >= 11 is 0. The van der Waals surface area contributed by atoms with Gasteiger partial charge in [0.15, 0.2) is 0 Å². The van der Waals surface area contributed by atoms with Crippen LogP contribution in [0.5, 0.6) is 0 Å². The van der Waals surface area contributed by atoms with Crippen molar-refractivity contribution in [3.63, 3.8) is 0 Å². The Bertz CT molecular complexity index is 932. The summed E-state index contributed by atoms with van der Waals surface area (Å²) < 4.78 is 24.5. The largest absolute Gasteiger partial charge is 0.276 e. The van der Waals surface area contributed by atoms with Crippen molar-refractivity contribution in [2.75, 3.05) is 0 Å². The SMILES string of the molecule is Cc1ccc(S(=O)(=O)NN=Cc2ccccc2C#C[Si](C)(C)C)cc1. The molecule has 0 saturated heterocycles. The van der Waals surface area contributed by atoms with Crippen LogP contribution >= 0.6 is 0 Å². The minimum Gasteiger partial charge on any atom is -0.200 e. The Balaban J connectivity index is 2.20. The van der Waals surface area contributed by atoms with Crippen LogP contribution < -0.4 is 4.83 Å². The predicted octanol–water partition coefficient (Wildman–Crippen LogP) is 3.54. The van der Waals surface area contributed by atoms with Crippen molar-refractivity contribution in [3.05, 3.63) is 65.2 Å². The Labute approximate surface area is 151 Å². The Kier molecular flexibility index (Phi) is 5.83. The van der Waals surface area contributed by atoms with Gasteiger partial charge in [0.25, 0.3) is 10.0 Å². The van der Waals surface area contributed by atoms with Crippen LogP contribution in [0.1, 0.15) is 16.7 Å². The van der Waals surface area contributed by atoms with Gasteiger partial charge < -0.3 is 0 Å². The summed E-state index contributed by atoms with van der Waals surface area (Å²) in [6, 6.07) is 14.2. The first kappa shape index (κ1) is 19.0. The standard InChI is InChI=1S/C19H22N2O2SSi/c1-16-9-11-19(12-10-16)24(22,23)21-20-15-18-8-6-5-7-17(18)13-14-25(2,3)4/h5-12,15,21H,1-4H3. The lowest BCUT2D eigenvalue weighted by Crippen LogP contribution is -2.18. The molecule has 0 aliphatic carbocycles. The highest BCUT2D eigenvalue weighted by atomic mass is 32.2. The molecule has 0 fully saturated rings. The average Bonchev–Trinajstić information content (AvgIpc) is 2.53. The number of hydrazone groups is 1. The van der Waals surface area contributed by atoms with E-state index in [4.69, 9.17) is 0 Å². The van der Waals surface area contributed by atoms with E-state index in [9.17, 15) is 8.42 Å². The first-order valence-corrected chi connectivity index (χ1v) is 12.9. The number of rotatable bonds is 4. The number of nitrogens with one attached hydrogen (secondary N) is 1. The van der Waals surface area contributed by atoms with Crippen LogP contribution in [0.3, 0.4) is 0 Å². The van der Waals surface area contributed by atoms with Gasteiger partial charge in [-0.1, -0.05) is 61.5 Å². The highest BCUT2D eigenvalue weighted by molar-refractivity contribution is 7.89. The Hall–Kier alpha value is -2.36. The van der Waals surface area contributed by atoms with Gasteiger partial charge >= 0.3 is 0 Å². The van der Waals surface area contributed by atoms with E-state index in [1.54, 1.807) is 24.3 Å². The monoisotopic (exact) mass is 370 g/mol. The molecule has 0 aliphatic heterocycles. The highest BCUT2D eigenvalue weighted by Gasteiger charge is 2.12. The predicted molar refractivity (Wildman–Crippen MR) is 106 cm³/mol. The molecule has 0 bridgehead atoms. The fourth-order valence-corrected chi connectivity index (χ4v) is 3.21. The third-order valence-electron chi connectivity index (χ3n) is 3.24. The van der Waals surface area contributed by atoms with Crippen molar-refractivity contribution in [1.82, 2.24) is 4.83 Å². The van der Waals surface area contributed by atoms with Crippen LogP contribution in [-0.4, -0.2) is 22.7 Å². The molecule has 0 amide bonds. The van der Waals surface area contributed by atoms with Gasteiger partial charge in [-0.2, -0.15) is 13.5 Å². The van der Waals surface area contributed by atoms with E-state index in [1.165, 1.54) is 6.21 Å². The van der Waals surface area contributed by atoms with Crippen LogP contribution in [0.2, 0.25) is 19.6 Å². The maximum atomic E-state index is 12.2. The van der Waals surface area contributed by atoms with Gasteiger partial charge in [-0.25, -0.2) is 4.83 Å². The molecule has 2 rings (SSSR count). The molecule has 0 atom stereocenters. The molecular weight excluding hydrogens is 348 g/mol. The topological polar surface area (TPSA) is 58.5 Å². The van der Waals surface area contributed by atoms with Gasteiger partial charge in [-0.3, -0.25) is 0 Å². The summed E-state index contributed by atoms with van der Waals surface area (Å²) in [5, 5.41) is 3.90. The highest BCUT2D eigenvalue weighted by Crippen LogP contribution is 2.10. The molecule has 0 unspecified atom stereocenters. The molecule has 4 nitrogen and oxygen atoms in total. The number of sulfonamides is 1. The van der Waals surface area contributed by atoms with Crippen LogP contribution in [0, 0.1) is 18.4 Å². The Morgan fingerprint density at radius 1 is 1.04 bits per heavy atom. The van der Waals surface area contributed by atoms with Crippen molar-refractivity contribution in [1.29, 1.82) is 0 Å². The van der Waals surface area contributed by atoms with Crippen molar-refractivity contribution in [2.24, 2.45) is 5.10 Å². The fraction of sp³-hybridized carbons (Fsp3) is 0.211. The second-order valence-electron chi connectivity index (χ2n) is 6.75. The van der Waals surface area contributed by atoms with Crippen molar-refractivity contribution < 1.29 is 8.42 Å². The first-order valence-electron chi connectivity index (χ1n) is 7.91. The van der Waals surface area contributed by atoms with Gasteiger partial charge in [-0.15, -0.1) is 5.54 Å². The zero-order chi connectivity index (χ0) is 18.5. The lowest BCUT2D eigenvalue weighted by Gasteiger charge is -2.05. The number of nitrogens with zero attached hydrogens (tertiary/aromatic N) is 1. The summed E-state index contributed by atoms with van der Waals surface area (Å²) in [5.74, 6) is 3.18. The van der Waals surface area contributed by atoms with Crippen molar-refractivity contribution >= 4 is 24.3 Å². The van der Waals surface area contributed by atoms with Crippen molar-refractivity contribution in [2.45, 2.75) is 31.5 Å². The minimum absolute atomic E-state index is 0.182. The minimum atomic E-state index is -3.67. The molecule has 0 spiro atoms. The molecule has 2 aromatic rings. The molecule has 1 N–H and O–H groups in total. The second-order valence-corrected chi connectivity index (χ2v) is 13.2. The average molecular weight is 371 g/mol. The van der Waals surface area contributed by atoms with E-state index in [1.807, 2.05) is 31.2 Å². The van der Waals surface area contributed by atoms with Gasteiger partial charge in [0.2, 0.25) is 0 Å². The van der Waals surface area contributed by atoms with E-state index >= 15 is 0 Å². The van der Waals surface area contributed by atoms with E-state index in [0.717, 1.165) is 16.7 Å². The van der Waals surface area contributed by atoms with Gasteiger partial charge in [0.1, 0.15) is 8.07 Å². The zero-order valence-electron chi connectivity index (χ0n) is 14.9. The van der Waals surface area contributed by atoms with Gasteiger partial charge in [0, 0.05) is 11.1 Å². The van der Waals surface area contributed by atoms with E-state index in [-0.39, 0.29) is 4.90 Å². The first-order chi connectivity index (χ1) is 11.7. The molecular formula is C19H22N2O2SSi. The molecule has 130 valence electrons. The van der Waals surface area contributed by atoms with E-state index < -0.39 is 18.1 Å². The normalized spacial score (nSPS) is 11.8. The number of benzene rings is 2. The lowest BCUT2D eigenvalue weighted by atomic mass is 10.1. The number of hydrogen-bond acceptors (Lipinski definition) is 3. The molecule has 0 aliphatic rings.